The molecule has 1 saturated carbocycles. The predicted molar refractivity (Wildman–Crippen MR) is 110 cm³/mol. The van der Waals surface area contributed by atoms with E-state index in [1.807, 2.05) is 0 Å². The number of ether oxygens (including phenoxy) is 2. The first kappa shape index (κ1) is 23.8. The van der Waals surface area contributed by atoms with Crippen molar-refractivity contribution in [1.82, 2.24) is 15.4 Å². The molecule has 1 aliphatic rings. The van der Waals surface area contributed by atoms with E-state index in [0.717, 1.165) is 12.8 Å². The second kappa shape index (κ2) is 11.1. The molecule has 1 N–H and O–H groups in total. The minimum atomic E-state index is -0.763. The van der Waals surface area contributed by atoms with Gasteiger partial charge in [-0.25, -0.2) is 20.2 Å². The number of carbonyl (C=O) groups excluding carboxylic acids is 4. The van der Waals surface area contributed by atoms with Crippen LogP contribution in [0.3, 0.4) is 0 Å². The van der Waals surface area contributed by atoms with Crippen LogP contribution >= 0.6 is 15.9 Å². The Hall–Kier alpha value is -2.49. The van der Waals surface area contributed by atoms with Crippen molar-refractivity contribution in [2.24, 2.45) is 11.8 Å². The topological polar surface area (TPSA) is 115 Å². The molecule has 0 aromatic carbocycles. The highest BCUT2D eigenvalue weighted by molar-refractivity contribution is 9.10. The molecule has 0 saturated heterocycles. The molecule has 164 valence electrons. The number of nitrogens with one attached hydrogen (secondary N) is 1. The molecule has 1 aromatic rings. The third kappa shape index (κ3) is 6.25. The third-order valence-electron chi connectivity index (χ3n) is 4.93. The molecule has 1 aliphatic carbocycles. The number of carbonyl (C=O) groups is 4. The average Bonchev–Trinajstić information content (AvgIpc) is 2.75. The van der Waals surface area contributed by atoms with E-state index < -0.39 is 30.5 Å². The minimum absolute atomic E-state index is 0.329. The van der Waals surface area contributed by atoms with Gasteiger partial charge in [-0.05, 0) is 54.8 Å². The van der Waals surface area contributed by atoms with Gasteiger partial charge in [0.1, 0.15) is 4.60 Å². The standard InChI is InChI=1S/C20H26BrN3O6/c1-12(2)24(23-20(28)29-3)18(26)14-6-4-5-7-15(14)19(27)30-11-16(25)13-8-9-17(21)22-10-13/h8-10,12,14-15H,4-7,11H2,1-3H3,(H,23,28)/t14?,15-/m0/s1. The first-order valence-electron chi connectivity index (χ1n) is 9.73. The maximum atomic E-state index is 13.1. The lowest BCUT2D eigenvalue weighted by molar-refractivity contribution is -0.158. The van der Waals surface area contributed by atoms with Crippen molar-refractivity contribution in [3.8, 4) is 0 Å². The summed E-state index contributed by atoms with van der Waals surface area (Å²) >= 11 is 3.19. The van der Waals surface area contributed by atoms with Crippen LogP contribution < -0.4 is 5.43 Å². The minimum Gasteiger partial charge on any atom is -0.457 e. The number of aromatic nitrogens is 1. The molecule has 30 heavy (non-hydrogen) atoms. The van der Waals surface area contributed by atoms with Crippen LogP contribution in [-0.4, -0.2) is 53.5 Å². The van der Waals surface area contributed by atoms with Crippen LogP contribution in [0.1, 0.15) is 49.9 Å². The molecule has 1 heterocycles. The van der Waals surface area contributed by atoms with E-state index in [-0.39, 0.29) is 17.7 Å². The fourth-order valence-electron chi connectivity index (χ4n) is 3.34. The Morgan fingerprint density at radius 1 is 1.20 bits per heavy atom. The number of amides is 2. The molecule has 10 heteroatoms. The fourth-order valence-corrected chi connectivity index (χ4v) is 3.57. The molecule has 0 bridgehead atoms. The molecule has 1 aromatic heterocycles. The summed E-state index contributed by atoms with van der Waals surface area (Å²) in [5, 5.41) is 1.18. The summed E-state index contributed by atoms with van der Waals surface area (Å²) in [5.74, 6) is -2.66. The Bertz CT molecular complexity index is 783. The number of rotatable bonds is 6. The van der Waals surface area contributed by atoms with Crippen LogP contribution in [0.15, 0.2) is 22.9 Å². The smallest absolute Gasteiger partial charge is 0.425 e. The number of ketones is 1. The maximum absolute atomic E-state index is 13.1. The molecular formula is C20H26BrN3O6. The summed E-state index contributed by atoms with van der Waals surface area (Å²) < 4.78 is 10.4. The molecule has 2 amide bonds. The quantitative estimate of drug-likeness (QED) is 0.286. The van der Waals surface area contributed by atoms with Crippen molar-refractivity contribution in [3.05, 3.63) is 28.5 Å². The number of pyridine rings is 1. The van der Waals surface area contributed by atoms with Gasteiger partial charge in [0, 0.05) is 17.8 Å². The lowest BCUT2D eigenvalue weighted by atomic mass is 9.78. The number of esters is 1. The number of Topliss-reactive ketones (excluding diaryl/α,β-unsaturated/α-hetero) is 1. The molecule has 0 spiro atoms. The van der Waals surface area contributed by atoms with Crippen LogP contribution in [-0.2, 0) is 19.1 Å². The largest absolute Gasteiger partial charge is 0.457 e. The molecule has 0 radical (unpaired) electrons. The Kier molecular flexibility index (Phi) is 8.76. The van der Waals surface area contributed by atoms with Crippen LogP contribution in [0.25, 0.3) is 0 Å². The third-order valence-corrected chi connectivity index (χ3v) is 5.40. The monoisotopic (exact) mass is 483 g/mol. The van der Waals surface area contributed by atoms with E-state index in [4.69, 9.17) is 4.74 Å². The summed E-state index contributed by atoms with van der Waals surface area (Å²) in [7, 11) is 1.21. The summed E-state index contributed by atoms with van der Waals surface area (Å²) in [6.45, 7) is 3.07. The first-order chi connectivity index (χ1) is 14.2. The summed E-state index contributed by atoms with van der Waals surface area (Å²) in [6, 6.07) is 2.88. The van der Waals surface area contributed by atoms with Gasteiger partial charge in [0.05, 0.1) is 18.9 Å². The number of methoxy groups -OCH3 is 1. The molecule has 2 rings (SSSR count). The first-order valence-corrected chi connectivity index (χ1v) is 10.5. The highest BCUT2D eigenvalue weighted by atomic mass is 79.9. The van der Waals surface area contributed by atoms with Gasteiger partial charge in [0.25, 0.3) is 0 Å². The van der Waals surface area contributed by atoms with E-state index in [0.29, 0.717) is 23.0 Å². The molecule has 1 fully saturated rings. The lowest BCUT2D eigenvalue weighted by Gasteiger charge is -2.35. The molecule has 9 nitrogen and oxygen atoms in total. The SMILES string of the molecule is COC(=O)NN(C(=O)C1CCCC[C@@H]1C(=O)OCC(=O)c1ccc(Br)nc1)C(C)C. The number of nitrogens with zero attached hydrogens (tertiary/aromatic N) is 2. The average molecular weight is 484 g/mol. The van der Waals surface area contributed by atoms with Crippen LogP contribution in [0.2, 0.25) is 0 Å². The van der Waals surface area contributed by atoms with Gasteiger partial charge in [0.2, 0.25) is 11.7 Å². The second-order valence-corrected chi connectivity index (χ2v) is 8.12. The van der Waals surface area contributed by atoms with Crippen LogP contribution in [0, 0.1) is 11.8 Å². The van der Waals surface area contributed by atoms with E-state index in [2.05, 4.69) is 31.1 Å². The summed E-state index contributed by atoms with van der Waals surface area (Å²) in [5.41, 5.74) is 2.73. The van der Waals surface area contributed by atoms with Crippen molar-refractivity contribution in [1.29, 1.82) is 0 Å². The van der Waals surface area contributed by atoms with Gasteiger partial charge in [-0.15, -0.1) is 0 Å². The molecule has 2 atom stereocenters. The lowest BCUT2D eigenvalue weighted by Crippen LogP contribution is -2.54. The van der Waals surface area contributed by atoms with Gasteiger partial charge >= 0.3 is 12.1 Å². The van der Waals surface area contributed by atoms with Crippen LogP contribution in [0.5, 0.6) is 0 Å². The molecular weight excluding hydrogens is 458 g/mol. The zero-order valence-electron chi connectivity index (χ0n) is 17.2. The highest BCUT2D eigenvalue weighted by Crippen LogP contribution is 2.32. The van der Waals surface area contributed by atoms with Gasteiger partial charge in [0.15, 0.2) is 6.61 Å². The Balaban J connectivity index is 2.05. The Morgan fingerprint density at radius 2 is 1.87 bits per heavy atom. The van der Waals surface area contributed by atoms with E-state index in [1.165, 1.54) is 18.3 Å². The number of halogens is 1. The van der Waals surface area contributed by atoms with Crippen LogP contribution in [0.4, 0.5) is 4.79 Å². The summed E-state index contributed by atoms with van der Waals surface area (Å²) in [4.78, 5) is 53.6. The van der Waals surface area contributed by atoms with Crippen molar-refractivity contribution in [3.63, 3.8) is 0 Å². The van der Waals surface area contributed by atoms with Crippen molar-refractivity contribution < 1.29 is 28.7 Å². The van der Waals surface area contributed by atoms with Gasteiger partial charge in [-0.1, -0.05) is 12.8 Å². The Morgan fingerprint density at radius 3 is 2.43 bits per heavy atom. The fraction of sp³-hybridized carbons (Fsp3) is 0.550. The number of hydrogen-bond donors (Lipinski definition) is 1. The number of hydrazine groups is 1. The van der Waals surface area contributed by atoms with Gasteiger partial charge in [-0.3, -0.25) is 14.4 Å². The zero-order chi connectivity index (χ0) is 22.3. The van der Waals surface area contributed by atoms with Crippen molar-refractivity contribution in [2.75, 3.05) is 13.7 Å². The Labute approximate surface area is 183 Å². The van der Waals surface area contributed by atoms with E-state index >= 15 is 0 Å². The van der Waals surface area contributed by atoms with Gasteiger partial charge in [-0.2, -0.15) is 0 Å². The molecule has 0 aliphatic heterocycles. The maximum Gasteiger partial charge on any atom is 0.425 e. The molecule has 1 unspecified atom stereocenters. The second-order valence-electron chi connectivity index (χ2n) is 7.30. The van der Waals surface area contributed by atoms with E-state index in [1.54, 1.807) is 26.0 Å². The van der Waals surface area contributed by atoms with Gasteiger partial charge < -0.3 is 9.47 Å². The van der Waals surface area contributed by atoms with Crippen molar-refractivity contribution >= 4 is 39.7 Å². The van der Waals surface area contributed by atoms with E-state index in [9.17, 15) is 19.2 Å². The van der Waals surface area contributed by atoms with Crippen molar-refractivity contribution in [2.45, 2.75) is 45.6 Å². The predicted octanol–water partition coefficient (Wildman–Crippen LogP) is 2.88. The zero-order valence-corrected chi connectivity index (χ0v) is 18.8. The number of hydrogen-bond acceptors (Lipinski definition) is 7. The highest BCUT2D eigenvalue weighted by Gasteiger charge is 2.40. The summed E-state index contributed by atoms with van der Waals surface area (Å²) in [6.07, 6.45) is 3.17. The normalized spacial score (nSPS) is 18.4.